The molecule has 2 rings (SSSR count). The molecule has 0 N–H and O–H groups in total. The van der Waals surface area contributed by atoms with Crippen LogP contribution < -0.4 is 0 Å². The molecule has 0 saturated carbocycles. The zero-order chi connectivity index (χ0) is 15.3. The topological polar surface area (TPSA) is 68.1 Å². The van der Waals surface area contributed by atoms with Crippen LogP contribution in [0.1, 0.15) is 51.8 Å². The van der Waals surface area contributed by atoms with Crippen molar-refractivity contribution in [1.29, 1.82) is 0 Å². The Bertz CT molecular complexity index is 541. The Labute approximate surface area is 127 Å². The van der Waals surface area contributed by atoms with Crippen LogP contribution in [0.5, 0.6) is 0 Å². The van der Waals surface area contributed by atoms with Gasteiger partial charge in [0.15, 0.2) is 0 Å². The van der Waals surface area contributed by atoms with Gasteiger partial charge in [0.2, 0.25) is 10.0 Å². The minimum absolute atomic E-state index is 0.133. The monoisotopic (exact) mass is 314 g/mol. The van der Waals surface area contributed by atoms with Crippen LogP contribution in [-0.2, 0) is 23.0 Å². The summed E-state index contributed by atoms with van der Waals surface area (Å²) in [6.45, 7) is 5.61. The molecule has 0 aromatic carbocycles. The molecule has 21 heavy (non-hydrogen) atoms. The number of hydrogen-bond acceptors (Lipinski definition) is 4. The van der Waals surface area contributed by atoms with Crippen LogP contribution in [0.15, 0.2) is 6.33 Å². The van der Waals surface area contributed by atoms with Gasteiger partial charge in [-0.2, -0.15) is 4.31 Å². The van der Waals surface area contributed by atoms with Crippen LogP contribution in [0.25, 0.3) is 0 Å². The summed E-state index contributed by atoms with van der Waals surface area (Å²) in [5, 5.41) is 8.06. The highest BCUT2D eigenvalue weighted by Gasteiger charge is 2.33. The molecule has 0 radical (unpaired) electrons. The van der Waals surface area contributed by atoms with Gasteiger partial charge < -0.3 is 4.57 Å². The lowest BCUT2D eigenvalue weighted by atomic mass is 10.1. The van der Waals surface area contributed by atoms with E-state index in [0.29, 0.717) is 6.54 Å². The lowest BCUT2D eigenvalue weighted by molar-refractivity contribution is 0.366. The molecule has 6 nitrogen and oxygen atoms in total. The van der Waals surface area contributed by atoms with Crippen LogP contribution >= 0.6 is 0 Å². The van der Waals surface area contributed by atoms with Crippen molar-refractivity contribution >= 4 is 10.0 Å². The molecule has 1 atom stereocenters. The molecule has 1 unspecified atom stereocenters. The summed E-state index contributed by atoms with van der Waals surface area (Å²) in [4.78, 5) is 0. The molecule has 0 spiro atoms. The lowest BCUT2D eigenvalue weighted by Crippen LogP contribution is -2.37. The molecule has 2 heterocycles. The standard InChI is InChI=1S/C14H26N4O2S/c1-3-5-11-21(19,20)18-10-6-7-13(18)8-9-14-16-15-12-17(14)4-2/h12-13H,3-11H2,1-2H3. The summed E-state index contributed by atoms with van der Waals surface area (Å²) in [5.74, 6) is 1.24. The number of nitrogens with zero attached hydrogens (tertiary/aromatic N) is 4. The summed E-state index contributed by atoms with van der Waals surface area (Å²) < 4.78 is 28.5. The number of rotatable bonds is 8. The highest BCUT2D eigenvalue weighted by Crippen LogP contribution is 2.25. The summed E-state index contributed by atoms with van der Waals surface area (Å²) in [7, 11) is -3.09. The van der Waals surface area contributed by atoms with Crippen molar-refractivity contribution in [1.82, 2.24) is 19.1 Å². The number of sulfonamides is 1. The van der Waals surface area contributed by atoms with E-state index in [1.807, 2.05) is 11.5 Å². The van der Waals surface area contributed by atoms with E-state index >= 15 is 0 Å². The van der Waals surface area contributed by atoms with Gasteiger partial charge in [0.05, 0.1) is 5.75 Å². The zero-order valence-corrected chi connectivity index (χ0v) is 13.8. The summed E-state index contributed by atoms with van der Waals surface area (Å²) >= 11 is 0. The fourth-order valence-corrected chi connectivity index (χ4v) is 4.90. The van der Waals surface area contributed by atoms with Crippen LogP contribution in [0.4, 0.5) is 0 Å². The molecule has 1 aromatic heterocycles. The summed E-state index contributed by atoms with van der Waals surface area (Å²) in [6, 6.07) is 0.133. The third-order valence-corrected chi connectivity index (χ3v) is 6.17. The van der Waals surface area contributed by atoms with E-state index in [1.54, 1.807) is 10.6 Å². The normalized spacial score (nSPS) is 20.2. The van der Waals surface area contributed by atoms with E-state index in [4.69, 9.17) is 0 Å². The van der Waals surface area contributed by atoms with Crippen LogP contribution in [0.3, 0.4) is 0 Å². The maximum Gasteiger partial charge on any atom is 0.214 e. The third-order valence-electron chi connectivity index (χ3n) is 4.17. The van der Waals surface area contributed by atoms with Gasteiger partial charge in [0, 0.05) is 25.6 Å². The first-order chi connectivity index (χ1) is 10.1. The van der Waals surface area contributed by atoms with E-state index in [-0.39, 0.29) is 11.8 Å². The first kappa shape index (κ1) is 16.4. The number of unbranched alkanes of at least 4 members (excludes halogenated alkanes) is 1. The third kappa shape index (κ3) is 4.03. The van der Waals surface area contributed by atoms with Crippen molar-refractivity contribution in [2.45, 2.75) is 65.0 Å². The quantitative estimate of drug-likeness (QED) is 0.734. The molecular weight excluding hydrogens is 288 g/mol. The van der Waals surface area contributed by atoms with Crippen LogP contribution in [0.2, 0.25) is 0 Å². The van der Waals surface area contributed by atoms with Gasteiger partial charge in [0.25, 0.3) is 0 Å². The van der Waals surface area contributed by atoms with Gasteiger partial charge in [-0.15, -0.1) is 10.2 Å². The average Bonchev–Trinajstić information content (AvgIpc) is 3.11. The molecule has 120 valence electrons. The fraction of sp³-hybridized carbons (Fsp3) is 0.857. The second-order valence-electron chi connectivity index (χ2n) is 5.65. The minimum atomic E-state index is -3.09. The largest absolute Gasteiger partial charge is 0.318 e. The highest BCUT2D eigenvalue weighted by molar-refractivity contribution is 7.89. The van der Waals surface area contributed by atoms with Crippen molar-refractivity contribution < 1.29 is 8.42 Å². The average molecular weight is 314 g/mol. The van der Waals surface area contributed by atoms with Crippen molar-refractivity contribution in [3.63, 3.8) is 0 Å². The maximum atomic E-state index is 12.4. The Morgan fingerprint density at radius 1 is 1.38 bits per heavy atom. The van der Waals surface area contributed by atoms with Crippen molar-refractivity contribution in [2.24, 2.45) is 0 Å². The molecule has 0 bridgehead atoms. The Morgan fingerprint density at radius 3 is 2.90 bits per heavy atom. The molecule has 1 fully saturated rings. The number of aromatic nitrogens is 3. The molecule has 0 amide bonds. The smallest absolute Gasteiger partial charge is 0.214 e. The van der Waals surface area contributed by atoms with Crippen molar-refractivity contribution in [3.05, 3.63) is 12.2 Å². The Balaban J connectivity index is 1.96. The van der Waals surface area contributed by atoms with E-state index in [0.717, 1.165) is 50.9 Å². The molecule has 7 heteroatoms. The van der Waals surface area contributed by atoms with Gasteiger partial charge in [-0.1, -0.05) is 13.3 Å². The van der Waals surface area contributed by atoms with Crippen LogP contribution in [0, 0.1) is 0 Å². The molecule has 1 aliphatic rings. The van der Waals surface area contributed by atoms with E-state index in [2.05, 4.69) is 17.1 Å². The lowest BCUT2D eigenvalue weighted by Gasteiger charge is -2.24. The van der Waals surface area contributed by atoms with Gasteiger partial charge in [-0.3, -0.25) is 0 Å². The van der Waals surface area contributed by atoms with Crippen LogP contribution in [-0.4, -0.2) is 45.8 Å². The Hall–Kier alpha value is -0.950. The first-order valence-electron chi connectivity index (χ1n) is 7.94. The second kappa shape index (κ2) is 7.35. The SMILES string of the molecule is CCCCS(=O)(=O)N1CCCC1CCc1nncn1CC. The Kier molecular flexibility index (Phi) is 5.75. The zero-order valence-electron chi connectivity index (χ0n) is 13.0. The second-order valence-corrected chi connectivity index (χ2v) is 7.69. The van der Waals surface area contributed by atoms with E-state index in [9.17, 15) is 8.42 Å². The molecular formula is C14H26N4O2S. The predicted molar refractivity (Wildman–Crippen MR) is 82.4 cm³/mol. The summed E-state index contributed by atoms with van der Waals surface area (Å²) in [6.07, 6.45) is 6.96. The Morgan fingerprint density at radius 2 is 2.19 bits per heavy atom. The summed E-state index contributed by atoms with van der Waals surface area (Å²) in [5.41, 5.74) is 0. The molecule has 0 aliphatic carbocycles. The van der Waals surface area contributed by atoms with E-state index in [1.165, 1.54) is 0 Å². The van der Waals surface area contributed by atoms with Crippen molar-refractivity contribution in [2.75, 3.05) is 12.3 Å². The van der Waals surface area contributed by atoms with Gasteiger partial charge in [0.1, 0.15) is 12.2 Å². The minimum Gasteiger partial charge on any atom is -0.318 e. The van der Waals surface area contributed by atoms with Gasteiger partial charge in [-0.05, 0) is 32.6 Å². The molecule has 1 aromatic rings. The van der Waals surface area contributed by atoms with Gasteiger partial charge >= 0.3 is 0 Å². The number of hydrogen-bond donors (Lipinski definition) is 0. The van der Waals surface area contributed by atoms with Gasteiger partial charge in [-0.25, -0.2) is 8.42 Å². The first-order valence-corrected chi connectivity index (χ1v) is 9.55. The fourth-order valence-electron chi connectivity index (χ4n) is 2.94. The van der Waals surface area contributed by atoms with E-state index < -0.39 is 10.0 Å². The molecule has 1 saturated heterocycles. The number of aryl methyl sites for hydroxylation is 2. The predicted octanol–water partition coefficient (Wildman–Crippen LogP) is 1.82. The molecule has 1 aliphatic heterocycles. The maximum absolute atomic E-state index is 12.4. The highest BCUT2D eigenvalue weighted by atomic mass is 32.2. The van der Waals surface area contributed by atoms with Crippen molar-refractivity contribution in [3.8, 4) is 0 Å².